The smallest absolute Gasteiger partial charge is 0.0232 e. The Morgan fingerprint density at radius 3 is 2.44 bits per heavy atom. The normalized spacial score (nSPS) is 19.4. The highest BCUT2D eigenvalue weighted by atomic mass is 16.5. The molecule has 1 rings (SSSR count). The van der Waals surface area contributed by atoms with E-state index in [2.05, 4.69) is 5.48 Å². The molecule has 9 heavy (non-hydrogen) atoms. The summed E-state index contributed by atoms with van der Waals surface area (Å²) in [5.74, 6) is 0. The SMILES string of the molecule is ONC=C1CCCCC1. The Balaban J connectivity index is 2.30. The Labute approximate surface area is 55.5 Å². The van der Waals surface area contributed by atoms with Crippen LogP contribution in [0.1, 0.15) is 32.1 Å². The quantitative estimate of drug-likeness (QED) is 0.526. The van der Waals surface area contributed by atoms with Crippen molar-refractivity contribution < 1.29 is 5.21 Å². The average Bonchev–Trinajstić information content (AvgIpc) is 1.91. The molecule has 0 atom stereocenters. The third-order valence-electron chi connectivity index (χ3n) is 1.76. The van der Waals surface area contributed by atoms with Gasteiger partial charge in [0.05, 0.1) is 0 Å². The molecule has 0 radical (unpaired) electrons. The largest absolute Gasteiger partial charge is 0.292 e. The first-order valence-electron chi connectivity index (χ1n) is 3.51. The van der Waals surface area contributed by atoms with Gasteiger partial charge in [-0.2, -0.15) is 0 Å². The number of hydrogen-bond donors (Lipinski definition) is 2. The Kier molecular flexibility index (Phi) is 2.58. The van der Waals surface area contributed by atoms with Crippen LogP contribution in [0, 0.1) is 0 Å². The van der Waals surface area contributed by atoms with Crippen LogP contribution in [0.25, 0.3) is 0 Å². The van der Waals surface area contributed by atoms with Gasteiger partial charge in [-0.15, -0.1) is 0 Å². The fourth-order valence-electron chi connectivity index (χ4n) is 1.24. The predicted octanol–water partition coefficient (Wildman–Crippen LogP) is 1.81. The minimum absolute atomic E-state index is 1.16. The molecule has 1 aliphatic carbocycles. The van der Waals surface area contributed by atoms with Crippen molar-refractivity contribution in [2.75, 3.05) is 0 Å². The molecule has 0 amide bonds. The summed E-state index contributed by atoms with van der Waals surface area (Å²) >= 11 is 0. The minimum atomic E-state index is 1.16. The minimum Gasteiger partial charge on any atom is -0.292 e. The molecule has 0 spiro atoms. The third-order valence-corrected chi connectivity index (χ3v) is 1.76. The van der Waals surface area contributed by atoms with Crippen LogP contribution in [-0.4, -0.2) is 5.21 Å². The van der Waals surface area contributed by atoms with Gasteiger partial charge in [0.1, 0.15) is 0 Å². The lowest BCUT2D eigenvalue weighted by Gasteiger charge is -2.12. The van der Waals surface area contributed by atoms with Crippen LogP contribution in [0.15, 0.2) is 11.8 Å². The van der Waals surface area contributed by atoms with Crippen molar-refractivity contribution in [2.24, 2.45) is 0 Å². The fraction of sp³-hybridized carbons (Fsp3) is 0.714. The van der Waals surface area contributed by atoms with Crippen LogP contribution < -0.4 is 5.48 Å². The maximum absolute atomic E-state index is 8.29. The van der Waals surface area contributed by atoms with E-state index in [9.17, 15) is 0 Å². The van der Waals surface area contributed by atoms with Gasteiger partial charge in [-0.1, -0.05) is 12.0 Å². The second-order valence-electron chi connectivity index (χ2n) is 2.49. The lowest BCUT2D eigenvalue weighted by molar-refractivity contribution is 0.212. The van der Waals surface area contributed by atoms with Crippen LogP contribution in [0.5, 0.6) is 0 Å². The maximum Gasteiger partial charge on any atom is 0.0232 e. The van der Waals surface area contributed by atoms with E-state index in [0.29, 0.717) is 0 Å². The predicted molar refractivity (Wildman–Crippen MR) is 36.1 cm³/mol. The third kappa shape index (κ3) is 2.06. The van der Waals surface area contributed by atoms with Gasteiger partial charge in [0.2, 0.25) is 0 Å². The zero-order chi connectivity index (χ0) is 6.53. The topological polar surface area (TPSA) is 32.3 Å². The van der Waals surface area contributed by atoms with Crippen LogP contribution in [-0.2, 0) is 0 Å². The van der Waals surface area contributed by atoms with E-state index in [0.717, 1.165) is 12.8 Å². The molecule has 0 aromatic heterocycles. The molecule has 2 nitrogen and oxygen atoms in total. The molecule has 0 heterocycles. The van der Waals surface area contributed by atoms with Gasteiger partial charge >= 0.3 is 0 Å². The zero-order valence-electron chi connectivity index (χ0n) is 5.56. The van der Waals surface area contributed by atoms with E-state index in [-0.39, 0.29) is 0 Å². The molecule has 2 N–H and O–H groups in total. The van der Waals surface area contributed by atoms with Crippen molar-refractivity contribution in [3.8, 4) is 0 Å². The van der Waals surface area contributed by atoms with Gasteiger partial charge in [-0.25, -0.2) is 0 Å². The van der Waals surface area contributed by atoms with Crippen LogP contribution >= 0.6 is 0 Å². The van der Waals surface area contributed by atoms with Crippen LogP contribution in [0.2, 0.25) is 0 Å². The van der Waals surface area contributed by atoms with E-state index in [1.165, 1.54) is 24.8 Å². The molecule has 1 saturated carbocycles. The first-order valence-corrected chi connectivity index (χ1v) is 3.51. The summed E-state index contributed by atoms with van der Waals surface area (Å²) in [5, 5.41) is 8.29. The first-order chi connectivity index (χ1) is 4.43. The Morgan fingerprint density at radius 1 is 1.22 bits per heavy atom. The van der Waals surface area contributed by atoms with Crippen molar-refractivity contribution in [2.45, 2.75) is 32.1 Å². The van der Waals surface area contributed by atoms with Gasteiger partial charge in [0.25, 0.3) is 0 Å². The van der Waals surface area contributed by atoms with Gasteiger partial charge in [-0.3, -0.25) is 10.7 Å². The van der Waals surface area contributed by atoms with Crippen LogP contribution in [0.4, 0.5) is 0 Å². The van der Waals surface area contributed by atoms with Gasteiger partial charge < -0.3 is 0 Å². The molecular weight excluding hydrogens is 114 g/mol. The Morgan fingerprint density at radius 2 is 1.89 bits per heavy atom. The number of rotatable bonds is 1. The summed E-state index contributed by atoms with van der Waals surface area (Å²) in [4.78, 5) is 0. The standard InChI is InChI=1S/C7H13NO/c9-8-6-7-4-2-1-3-5-7/h6,8-9H,1-5H2. The summed E-state index contributed by atoms with van der Waals surface area (Å²) in [7, 11) is 0. The molecule has 0 bridgehead atoms. The number of nitrogens with one attached hydrogen (secondary N) is 1. The summed E-state index contributed by atoms with van der Waals surface area (Å²) < 4.78 is 0. The summed E-state index contributed by atoms with van der Waals surface area (Å²) in [5.41, 5.74) is 3.43. The summed E-state index contributed by atoms with van der Waals surface area (Å²) in [6.45, 7) is 0. The van der Waals surface area contributed by atoms with Crippen molar-refractivity contribution in [1.29, 1.82) is 0 Å². The molecule has 0 unspecified atom stereocenters. The van der Waals surface area contributed by atoms with Crippen molar-refractivity contribution in [3.63, 3.8) is 0 Å². The van der Waals surface area contributed by atoms with Gasteiger partial charge in [-0.05, 0) is 25.7 Å². The molecule has 0 aromatic carbocycles. The van der Waals surface area contributed by atoms with Crippen molar-refractivity contribution in [1.82, 2.24) is 5.48 Å². The van der Waals surface area contributed by atoms with E-state index in [1.807, 2.05) is 0 Å². The lowest BCUT2D eigenvalue weighted by atomic mass is 9.96. The second kappa shape index (κ2) is 3.51. The molecule has 0 saturated heterocycles. The molecule has 52 valence electrons. The number of hydrogen-bond acceptors (Lipinski definition) is 2. The number of allylic oxidation sites excluding steroid dienone is 1. The van der Waals surface area contributed by atoms with Gasteiger partial charge in [0, 0.05) is 6.20 Å². The van der Waals surface area contributed by atoms with E-state index in [4.69, 9.17) is 5.21 Å². The Bertz CT molecular complexity index is 101. The summed E-state index contributed by atoms with van der Waals surface area (Å²) in [6, 6.07) is 0. The lowest BCUT2D eigenvalue weighted by Crippen LogP contribution is -2.00. The van der Waals surface area contributed by atoms with Crippen LogP contribution in [0.3, 0.4) is 0 Å². The molecule has 1 aliphatic rings. The monoisotopic (exact) mass is 127 g/mol. The highest BCUT2D eigenvalue weighted by Crippen LogP contribution is 2.21. The highest BCUT2D eigenvalue weighted by Gasteiger charge is 2.03. The first kappa shape index (κ1) is 6.62. The molecular formula is C7H13NO. The van der Waals surface area contributed by atoms with E-state index >= 15 is 0 Å². The number of hydroxylamine groups is 1. The fourth-order valence-corrected chi connectivity index (χ4v) is 1.24. The van der Waals surface area contributed by atoms with E-state index < -0.39 is 0 Å². The summed E-state index contributed by atoms with van der Waals surface area (Å²) in [6.07, 6.45) is 7.95. The molecule has 0 aliphatic heterocycles. The second-order valence-corrected chi connectivity index (χ2v) is 2.49. The molecule has 0 aromatic rings. The molecule has 1 fully saturated rings. The molecule has 2 heteroatoms. The Hall–Kier alpha value is -0.500. The zero-order valence-corrected chi connectivity index (χ0v) is 5.56. The highest BCUT2D eigenvalue weighted by molar-refractivity contribution is 5.01. The van der Waals surface area contributed by atoms with Gasteiger partial charge in [0.15, 0.2) is 0 Å². The maximum atomic E-state index is 8.29. The van der Waals surface area contributed by atoms with Crippen molar-refractivity contribution in [3.05, 3.63) is 11.8 Å². The van der Waals surface area contributed by atoms with Crippen molar-refractivity contribution >= 4 is 0 Å². The average molecular weight is 127 g/mol. The van der Waals surface area contributed by atoms with E-state index in [1.54, 1.807) is 6.20 Å².